The number of hydrogen-bond donors (Lipinski definition) is 0. The number of rotatable bonds is 3. The van der Waals surface area contributed by atoms with Crippen LogP contribution in [0.25, 0.3) is 0 Å². The van der Waals surface area contributed by atoms with Crippen LogP contribution in [0.4, 0.5) is 12.9 Å². The summed E-state index contributed by atoms with van der Waals surface area (Å²) in [5.41, 5.74) is -0.777. The molecular weight excluding hydrogens is 209 g/mol. The maximum Gasteiger partial charge on any atom is 1.00 e. The first-order valence-corrected chi connectivity index (χ1v) is 3.20. The van der Waals surface area contributed by atoms with Crippen molar-refractivity contribution in [1.29, 1.82) is 0 Å². The van der Waals surface area contributed by atoms with E-state index in [1.54, 1.807) is 0 Å². The minimum atomic E-state index is -4.96. The summed E-state index contributed by atoms with van der Waals surface area (Å²) in [4.78, 5) is 3.51. The first kappa shape index (κ1) is 13.4. The zero-order valence-electron chi connectivity index (χ0n) is 7.12. The molecule has 66 valence electrons. The fourth-order valence-electron chi connectivity index (χ4n) is 0.626. The van der Waals surface area contributed by atoms with Gasteiger partial charge in [0.05, 0.1) is 0 Å². The quantitative estimate of drug-likeness (QED) is 0.558. The van der Waals surface area contributed by atoms with E-state index in [1.807, 2.05) is 0 Å². The van der Waals surface area contributed by atoms with E-state index in [9.17, 15) is 12.9 Å². The summed E-state index contributed by atoms with van der Waals surface area (Å²) in [6, 6.07) is 0. The normalized spacial score (nSPS) is 10.7. The number of aromatic nitrogens is 3. The van der Waals surface area contributed by atoms with Crippen molar-refractivity contribution in [2.75, 3.05) is 0 Å². The molecule has 0 aliphatic carbocycles. The molecule has 1 aromatic heterocycles. The van der Waals surface area contributed by atoms with Crippen LogP contribution in [0.2, 0.25) is 0 Å². The molecule has 1 rings (SSSR count). The van der Waals surface area contributed by atoms with E-state index in [-0.39, 0.29) is 57.9 Å². The van der Waals surface area contributed by atoms with Gasteiger partial charge in [0.1, 0.15) is 12.7 Å². The Balaban J connectivity index is 0.00000144. The molecule has 0 N–H and O–H groups in total. The summed E-state index contributed by atoms with van der Waals surface area (Å²) in [7, 11) is 0. The monoisotopic (exact) mass is 215 g/mol. The molecule has 0 amide bonds. The van der Waals surface area contributed by atoms with Crippen LogP contribution >= 0.6 is 0 Å². The molecule has 0 aliphatic heterocycles. The van der Waals surface area contributed by atoms with E-state index in [0.29, 0.717) is 0 Å². The van der Waals surface area contributed by atoms with Crippen LogP contribution in [-0.2, 0) is 6.54 Å². The van der Waals surface area contributed by atoms with Crippen molar-refractivity contribution in [3.05, 3.63) is 24.7 Å². The topological polar surface area (TPSA) is 30.7 Å². The van der Waals surface area contributed by atoms with E-state index >= 15 is 0 Å². The Morgan fingerprint density at radius 1 is 1.46 bits per heavy atom. The summed E-state index contributed by atoms with van der Waals surface area (Å²) in [5.74, 6) is 0. The molecule has 1 aromatic rings. The molecule has 8 heteroatoms. The second-order valence-corrected chi connectivity index (χ2v) is 2.33. The Kier molecular flexibility index (Phi) is 5.45. The van der Waals surface area contributed by atoms with E-state index in [4.69, 9.17) is 0 Å². The molecule has 0 atom stereocenters. The number of allylic oxidation sites excluding steroid dienone is 1. The first-order chi connectivity index (χ1) is 5.50. The minimum Gasteiger partial charge on any atom is -0.445 e. The third-order valence-corrected chi connectivity index (χ3v) is 1.29. The van der Waals surface area contributed by atoms with Gasteiger partial charge in [-0.25, -0.2) is 4.98 Å². The molecule has 0 fully saturated rings. The largest absolute Gasteiger partial charge is 1.00 e. The maximum absolute atomic E-state index is 11.9. The fourth-order valence-corrected chi connectivity index (χ4v) is 0.626. The molecule has 0 radical (unpaired) electrons. The number of nitrogens with zero attached hydrogens (tertiary/aromatic N) is 3. The van der Waals surface area contributed by atoms with Gasteiger partial charge in [0.15, 0.2) is 0 Å². The van der Waals surface area contributed by atoms with Crippen LogP contribution in [0, 0.1) is 0 Å². The summed E-state index contributed by atoms with van der Waals surface area (Å²) < 4.78 is 36.9. The van der Waals surface area contributed by atoms with Crippen molar-refractivity contribution in [3.8, 4) is 0 Å². The Labute approximate surface area is 116 Å². The SMILES string of the molecule is C=C(Cn1cncn1)[B-](F)(F)F.[K+]. The van der Waals surface area contributed by atoms with Crippen LogP contribution in [0.1, 0.15) is 0 Å². The first-order valence-electron chi connectivity index (χ1n) is 3.20. The number of hydrogen-bond acceptors (Lipinski definition) is 2. The standard InChI is InChI=1S/C5H6BF3N3.K/c1-5(6(7,8)9)2-12-4-10-3-11-12;/h3-4H,1-2H2;/q-1;+1. The van der Waals surface area contributed by atoms with Crippen molar-refractivity contribution in [2.24, 2.45) is 0 Å². The van der Waals surface area contributed by atoms with Gasteiger partial charge in [-0.15, -0.1) is 12.1 Å². The molecule has 0 saturated heterocycles. The minimum absolute atomic E-state index is 0. The predicted octanol–water partition coefficient (Wildman–Crippen LogP) is -1.78. The second-order valence-electron chi connectivity index (χ2n) is 2.33. The van der Waals surface area contributed by atoms with Crippen molar-refractivity contribution in [2.45, 2.75) is 6.54 Å². The van der Waals surface area contributed by atoms with Crippen LogP contribution in [-0.4, -0.2) is 21.7 Å². The van der Waals surface area contributed by atoms with E-state index in [0.717, 1.165) is 4.68 Å². The third-order valence-electron chi connectivity index (χ3n) is 1.29. The Hall–Kier alpha value is 0.371. The molecule has 0 aliphatic rings. The van der Waals surface area contributed by atoms with Gasteiger partial charge in [0.25, 0.3) is 0 Å². The van der Waals surface area contributed by atoms with E-state index < -0.39 is 12.4 Å². The molecule has 0 unspecified atom stereocenters. The average Bonchev–Trinajstić information content (AvgIpc) is 2.37. The van der Waals surface area contributed by atoms with Gasteiger partial charge in [-0.1, -0.05) is 0 Å². The molecule has 0 bridgehead atoms. The Bertz CT molecular complexity index is 271. The summed E-state index contributed by atoms with van der Waals surface area (Å²) in [6.07, 6.45) is 2.39. The zero-order valence-corrected chi connectivity index (χ0v) is 10.2. The summed E-state index contributed by atoms with van der Waals surface area (Å²) in [6.45, 7) is -2.39. The van der Waals surface area contributed by atoms with E-state index in [1.165, 1.54) is 12.7 Å². The van der Waals surface area contributed by atoms with Crippen molar-refractivity contribution in [1.82, 2.24) is 14.8 Å². The van der Waals surface area contributed by atoms with Crippen molar-refractivity contribution < 1.29 is 64.3 Å². The maximum atomic E-state index is 11.9. The number of halogens is 3. The summed E-state index contributed by atoms with van der Waals surface area (Å²) in [5, 5.41) is 3.52. The molecule has 1 heterocycles. The van der Waals surface area contributed by atoms with Gasteiger partial charge >= 0.3 is 58.4 Å². The third kappa shape index (κ3) is 4.41. The van der Waals surface area contributed by atoms with Crippen molar-refractivity contribution in [3.63, 3.8) is 0 Å². The van der Waals surface area contributed by atoms with Crippen LogP contribution in [0.3, 0.4) is 0 Å². The van der Waals surface area contributed by atoms with Crippen LogP contribution in [0.15, 0.2) is 24.7 Å². The molecule has 0 spiro atoms. The average molecular weight is 215 g/mol. The van der Waals surface area contributed by atoms with Crippen molar-refractivity contribution >= 4 is 6.98 Å². The molecular formula is C5H6BF3KN3. The molecule has 3 nitrogen and oxygen atoms in total. The Morgan fingerprint density at radius 3 is 2.46 bits per heavy atom. The Morgan fingerprint density at radius 2 is 2.08 bits per heavy atom. The van der Waals surface area contributed by atoms with Crippen LogP contribution in [0.5, 0.6) is 0 Å². The molecule has 13 heavy (non-hydrogen) atoms. The second kappa shape index (κ2) is 5.30. The van der Waals surface area contributed by atoms with Gasteiger partial charge in [-0.2, -0.15) is 5.10 Å². The van der Waals surface area contributed by atoms with Gasteiger partial charge in [0, 0.05) is 6.54 Å². The summed E-state index contributed by atoms with van der Waals surface area (Å²) >= 11 is 0. The van der Waals surface area contributed by atoms with Gasteiger partial charge in [-0.3, -0.25) is 4.68 Å². The van der Waals surface area contributed by atoms with Gasteiger partial charge in [0.2, 0.25) is 0 Å². The van der Waals surface area contributed by atoms with Gasteiger partial charge in [-0.05, 0) is 0 Å². The smallest absolute Gasteiger partial charge is 0.445 e. The van der Waals surface area contributed by atoms with Crippen LogP contribution < -0.4 is 51.4 Å². The van der Waals surface area contributed by atoms with Gasteiger partial charge < -0.3 is 12.9 Å². The molecule has 0 saturated carbocycles. The molecule has 0 aromatic carbocycles. The zero-order chi connectivity index (χ0) is 9.19. The predicted molar refractivity (Wildman–Crippen MR) is 38.2 cm³/mol. The fraction of sp³-hybridized carbons (Fsp3) is 0.200. The van der Waals surface area contributed by atoms with E-state index in [2.05, 4.69) is 16.7 Å².